The first kappa shape index (κ1) is 21.2. The van der Waals surface area contributed by atoms with Crippen molar-refractivity contribution < 1.29 is 19.1 Å². The highest BCUT2D eigenvalue weighted by Crippen LogP contribution is 2.45. The number of rotatable bonds is 6. The highest BCUT2D eigenvalue weighted by molar-refractivity contribution is 6.11. The van der Waals surface area contributed by atoms with Crippen LogP contribution < -0.4 is 10.1 Å². The number of nitrogens with one attached hydrogen (secondary N) is 2. The number of amides is 4. The first-order valence-corrected chi connectivity index (χ1v) is 10.8. The predicted molar refractivity (Wildman–Crippen MR) is 117 cm³/mol. The lowest BCUT2D eigenvalue weighted by molar-refractivity contribution is -0.139. The Bertz CT molecular complexity index is 1060. The van der Waals surface area contributed by atoms with Crippen LogP contribution in [0.4, 0.5) is 4.79 Å². The molecule has 0 aliphatic carbocycles. The zero-order chi connectivity index (χ0) is 22.5. The average molecular weight is 427 g/mol. The molecule has 0 radical (unpaired) electrons. The molecule has 166 valence electrons. The standard InChI is InChI=1S/C23H30N4O4/c1-13(2)8-10-24-20(28)14(3)27-21(29)23(4)19-16(9-11-26(23)22(27)30)17-12-15(31-5)6-7-18(17)25-19/h6-7,12-14,25H,8-11H2,1-5H3,(H,24,28)/t14-,23+/m0/s1. The smallest absolute Gasteiger partial charge is 0.328 e. The highest BCUT2D eigenvalue weighted by Gasteiger charge is 2.60. The summed E-state index contributed by atoms with van der Waals surface area (Å²) in [5.41, 5.74) is 1.47. The second kappa shape index (κ2) is 7.59. The number of benzene rings is 1. The minimum atomic E-state index is -1.16. The summed E-state index contributed by atoms with van der Waals surface area (Å²) >= 11 is 0. The maximum atomic E-state index is 13.6. The summed E-state index contributed by atoms with van der Waals surface area (Å²) < 4.78 is 5.36. The number of methoxy groups -OCH3 is 1. The van der Waals surface area contributed by atoms with Gasteiger partial charge in [0, 0.05) is 24.0 Å². The van der Waals surface area contributed by atoms with Crippen LogP contribution in [0, 0.1) is 5.92 Å². The number of nitrogens with zero attached hydrogens (tertiary/aromatic N) is 2. The second-order valence-corrected chi connectivity index (χ2v) is 8.97. The van der Waals surface area contributed by atoms with Gasteiger partial charge >= 0.3 is 6.03 Å². The van der Waals surface area contributed by atoms with E-state index in [0.29, 0.717) is 25.4 Å². The number of hydrogen-bond acceptors (Lipinski definition) is 4. The van der Waals surface area contributed by atoms with Crippen LogP contribution in [0.5, 0.6) is 5.75 Å². The molecule has 1 aromatic carbocycles. The third-order valence-corrected chi connectivity index (χ3v) is 6.59. The number of hydrogen-bond donors (Lipinski definition) is 2. The molecular formula is C23H30N4O4. The third kappa shape index (κ3) is 3.16. The number of urea groups is 1. The van der Waals surface area contributed by atoms with E-state index in [0.717, 1.165) is 39.2 Å². The van der Waals surface area contributed by atoms with Crippen molar-refractivity contribution in [2.24, 2.45) is 5.92 Å². The number of imide groups is 1. The zero-order valence-corrected chi connectivity index (χ0v) is 18.7. The van der Waals surface area contributed by atoms with E-state index < -0.39 is 17.6 Å². The molecule has 0 unspecified atom stereocenters. The molecule has 0 bridgehead atoms. The van der Waals surface area contributed by atoms with Gasteiger partial charge in [-0.2, -0.15) is 0 Å². The van der Waals surface area contributed by atoms with Gasteiger partial charge in [-0.1, -0.05) is 13.8 Å². The van der Waals surface area contributed by atoms with Crippen LogP contribution in [0.15, 0.2) is 18.2 Å². The van der Waals surface area contributed by atoms with Crippen LogP contribution in [0.2, 0.25) is 0 Å². The van der Waals surface area contributed by atoms with Crippen molar-refractivity contribution in [3.63, 3.8) is 0 Å². The first-order chi connectivity index (χ1) is 14.7. The van der Waals surface area contributed by atoms with Gasteiger partial charge in [-0.3, -0.25) is 9.59 Å². The summed E-state index contributed by atoms with van der Waals surface area (Å²) in [4.78, 5) is 45.6. The molecule has 0 saturated carbocycles. The van der Waals surface area contributed by atoms with Crippen molar-refractivity contribution in [2.75, 3.05) is 20.2 Å². The number of aromatic amines is 1. The number of ether oxygens (including phenoxy) is 1. The molecule has 3 heterocycles. The molecule has 4 amide bonds. The summed E-state index contributed by atoms with van der Waals surface area (Å²) in [6, 6.07) is 4.45. The molecule has 2 aromatic rings. The maximum absolute atomic E-state index is 13.6. The van der Waals surface area contributed by atoms with Crippen molar-refractivity contribution in [1.29, 1.82) is 0 Å². The number of fused-ring (bicyclic) bond motifs is 5. The molecule has 4 rings (SSSR count). The van der Waals surface area contributed by atoms with E-state index in [4.69, 9.17) is 4.74 Å². The Hall–Kier alpha value is -3.03. The predicted octanol–water partition coefficient (Wildman–Crippen LogP) is 2.76. The summed E-state index contributed by atoms with van der Waals surface area (Å²) in [5, 5.41) is 3.85. The van der Waals surface area contributed by atoms with E-state index in [1.54, 1.807) is 25.9 Å². The van der Waals surface area contributed by atoms with Gasteiger partial charge in [0.25, 0.3) is 5.91 Å². The van der Waals surface area contributed by atoms with Gasteiger partial charge in [0.05, 0.1) is 12.8 Å². The summed E-state index contributed by atoms with van der Waals surface area (Å²) in [5.74, 6) is 0.512. The van der Waals surface area contributed by atoms with Gasteiger partial charge in [-0.25, -0.2) is 9.69 Å². The lowest BCUT2D eigenvalue weighted by Gasteiger charge is -2.36. The van der Waals surface area contributed by atoms with Crippen molar-refractivity contribution >= 4 is 28.7 Å². The molecule has 2 N–H and O–H groups in total. The average Bonchev–Trinajstić information content (AvgIpc) is 3.20. The van der Waals surface area contributed by atoms with Crippen LogP contribution >= 0.6 is 0 Å². The lowest BCUT2D eigenvalue weighted by Crippen LogP contribution is -2.50. The zero-order valence-electron chi connectivity index (χ0n) is 18.7. The Morgan fingerprint density at radius 3 is 2.71 bits per heavy atom. The molecule has 1 saturated heterocycles. The van der Waals surface area contributed by atoms with Crippen LogP contribution in [0.25, 0.3) is 10.9 Å². The molecule has 1 fully saturated rings. The minimum Gasteiger partial charge on any atom is -0.497 e. The van der Waals surface area contributed by atoms with Crippen LogP contribution in [-0.4, -0.2) is 58.9 Å². The van der Waals surface area contributed by atoms with Gasteiger partial charge in [0.15, 0.2) is 5.54 Å². The van der Waals surface area contributed by atoms with Gasteiger partial charge in [0.2, 0.25) is 5.91 Å². The number of carbonyl (C=O) groups excluding carboxylic acids is 3. The van der Waals surface area contributed by atoms with Crippen LogP contribution in [0.1, 0.15) is 45.4 Å². The van der Waals surface area contributed by atoms with Crippen molar-refractivity contribution in [2.45, 2.75) is 52.1 Å². The summed E-state index contributed by atoms with van der Waals surface area (Å²) in [6.07, 6.45) is 1.46. The second-order valence-electron chi connectivity index (χ2n) is 8.97. The lowest BCUT2D eigenvalue weighted by atomic mass is 9.87. The molecule has 2 aliphatic heterocycles. The van der Waals surface area contributed by atoms with Crippen LogP contribution in [-0.2, 0) is 21.5 Å². The van der Waals surface area contributed by atoms with Crippen molar-refractivity contribution in [1.82, 2.24) is 20.1 Å². The topological polar surface area (TPSA) is 94.7 Å². The Kier molecular flexibility index (Phi) is 5.19. The van der Waals surface area contributed by atoms with Gasteiger partial charge in [0.1, 0.15) is 11.8 Å². The Morgan fingerprint density at radius 2 is 2.03 bits per heavy atom. The maximum Gasteiger partial charge on any atom is 0.328 e. The number of H-pyrrole nitrogens is 1. The number of carbonyl (C=O) groups is 3. The molecule has 31 heavy (non-hydrogen) atoms. The van der Waals surface area contributed by atoms with E-state index in [9.17, 15) is 14.4 Å². The van der Waals surface area contributed by atoms with E-state index in [1.807, 2.05) is 18.2 Å². The van der Waals surface area contributed by atoms with Gasteiger partial charge in [-0.05, 0) is 56.4 Å². The summed E-state index contributed by atoms with van der Waals surface area (Å²) in [6.45, 7) is 8.47. The molecular weight excluding hydrogens is 396 g/mol. The molecule has 8 heteroatoms. The first-order valence-electron chi connectivity index (χ1n) is 10.8. The molecule has 0 spiro atoms. The normalized spacial score (nSPS) is 21.5. The van der Waals surface area contributed by atoms with E-state index in [1.165, 1.54) is 0 Å². The monoisotopic (exact) mass is 426 g/mol. The fourth-order valence-corrected chi connectivity index (χ4v) is 4.66. The Labute approximate surface area is 181 Å². The molecule has 8 nitrogen and oxygen atoms in total. The molecule has 1 aromatic heterocycles. The quantitative estimate of drug-likeness (QED) is 0.695. The van der Waals surface area contributed by atoms with E-state index in [-0.39, 0.29) is 11.8 Å². The Morgan fingerprint density at radius 1 is 1.29 bits per heavy atom. The van der Waals surface area contributed by atoms with E-state index >= 15 is 0 Å². The highest BCUT2D eigenvalue weighted by atomic mass is 16.5. The van der Waals surface area contributed by atoms with Crippen LogP contribution in [0.3, 0.4) is 0 Å². The third-order valence-electron chi connectivity index (χ3n) is 6.59. The molecule has 2 aliphatic rings. The fourth-order valence-electron chi connectivity index (χ4n) is 4.66. The minimum absolute atomic E-state index is 0.313. The largest absolute Gasteiger partial charge is 0.497 e. The van der Waals surface area contributed by atoms with Crippen molar-refractivity contribution in [3.8, 4) is 5.75 Å². The van der Waals surface area contributed by atoms with Gasteiger partial charge in [-0.15, -0.1) is 0 Å². The van der Waals surface area contributed by atoms with E-state index in [2.05, 4.69) is 24.1 Å². The fraction of sp³-hybridized carbons (Fsp3) is 0.522. The number of aromatic nitrogens is 1. The molecule has 2 atom stereocenters. The SMILES string of the molecule is COc1ccc2[nH]c3c(c2c1)CCN1C(=O)N([C@@H](C)C(=O)NCCC(C)C)C(=O)[C@@]31C. The Balaban J connectivity index is 1.67. The summed E-state index contributed by atoms with van der Waals surface area (Å²) in [7, 11) is 1.62. The van der Waals surface area contributed by atoms with Gasteiger partial charge < -0.3 is 19.9 Å². The van der Waals surface area contributed by atoms with Crippen molar-refractivity contribution in [3.05, 3.63) is 29.5 Å².